The summed E-state index contributed by atoms with van der Waals surface area (Å²) in [7, 11) is -2.58. The number of sulfonamides is 1. The van der Waals surface area contributed by atoms with Crippen LogP contribution in [-0.4, -0.2) is 33.9 Å². The molecule has 3 aromatic carbocycles. The van der Waals surface area contributed by atoms with E-state index in [1.807, 2.05) is 0 Å². The number of amides is 2. The molecule has 0 spiro atoms. The van der Waals surface area contributed by atoms with Gasteiger partial charge in [-0.2, -0.15) is 0 Å². The first-order valence-corrected chi connectivity index (χ1v) is 11.3. The van der Waals surface area contributed by atoms with E-state index in [-0.39, 0.29) is 26.9 Å². The number of benzene rings is 3. The van der Waals surface area contributed by atoms with Gasteiger partial charge in [0, 0.05) is 11.4 Å². The SMILES string of the molecule is COc1ccc(NS(=O)(=O)c2cc(NC(=O)CNC(=O)c3ccccc3F)ccc2Cl)cc1. The molecule has 0 aliphatic heterocycles. The molecule has 3 rings (SSSR count). The van der Waals surface area contributed by atoms with E-state index in [1.54, 1.807) is 12.1 Å². The Labute approximate surface area is 194 Å². The van der Waals surface area contributed by atoms with E-state index in [2.05, 4.69) is 15.4 Å². The number of rotatable bonds is 8. The minimum atomic E-state index is -4.07. The highest BCUT2D eigenvalue weighted by atomic mass is 35.5. The molecule has 0 radical (unpaired) electrons. The van der Waals surface area contributed by atoms with E-state index in [9.17, 15) is 22.4 Å². The van der Waals surface area contributed by atoms with Crippen LogP contribution in [0, 0.1) is 5.82 Å². The van der Waals surface area contributed by atoms with Gasteiger partial charge in [0.05, 0.1) is 24.2 Å². The van der Waals surface area contributed by atoms with E-state index in [0.29, 0.717) is 5.75 Å². The third kappa shape index (κ3) is 6.21. The average Bonchev–Trinajstić information content (AvgIpc) is 2.79. The van der Waals surface area contributed by atoms with Gasteiger partial charge in [0.15, 0.2) is 0 Å². The van der Waals surface area contributed by atoms with Gasteiger partial charge >= 0.3 is 0 Å². The zero-order chi connectivity index (χ0) is 24.0. The molecular formula is C22H19ClFN3O5S. The Hall–Kier alpha value is -3.63. The van der Waals surface area contributed by atoms with Crippen LogP contribution in [0.1, 0.15) is 10.4 Å². The fourth-order valence-electron chi connectivity index (χ4n) is 2.76. The number of carbonyl (C=O) groups is 2. The molecule has 0 fully saturated rings. The highest BCUT2D eigenvalue weighted by molar-refractivity contribution is 7.92. The molecule has 0 aliphatic carbocycles. The summed E-state index contributed by atoms with van der Waals surface area (Å²) in [5, 5.41) is 4.71. The van der Waals surface area contributed by atoms with Gasteiger partial charge in [0.2, 0.25) is 5.91 Å². The normalized spacial score (nSPS) is 10.9. The molecule has 0 bridgehead atoms. The quantitative estimate of drug-likeness (QED) is 0.445. The second-order valence-electron chi connectivity index (χ2n) is 6.69. The lowest BCUT2D eigenvalue weighted by Crippen LogP contribution is -2.33. The van der Waals surface area contributed by atoms with Crippen LogP contribution in [0.15, 0.2) is 71.6 Å². The molecule has 33 heavy (non-hydrogen) atoms. The van der Waals surface area contributed by atoms with Gasteiger partial charge in [-0.05, 0) is 54.6 Å². The monoisotopic (exact) mass is 491 g/mol. The lowest BCUT2D eigenvalue weighted by molar-refractivity contribution is -0.115. The largest absolute Gasteiger partial charge is 0.497 e. The standard InChI is InChI=1S/C22H19ClFN3O5S/c1-32-16-9-6-14(7-10-16)27-33(30,31)20-12-15(8-11-18(20)23)26-21(28)13-25-22(29)17-4-2-3-5-19(17)24/h2-12,27H,13H2,1H3,(H,25,29)(H,26,28). The highest BCUT2D eigenvalue weighted by Crippen LogP contribution is 2.27. The van der Waals surface area contributed by atoms with Crippen LogP contribution in [0.5, 0.6) is 5.75 Å². The van der Waals surface area contributed by atoms with Gasteiger partial charge in [-0.15, -0.1) is 0 Å². The summed E-state index contributed by atoms with van der Waals surface area (Å²) in [5.74, 6) is -1.56. The third-order valence-corrected chi connectivity index (χ3v) is 6.24. The number of anilines is 2. The minimum Gasteiger partial charge on any atom is -0.497 e. The number of nitrogens with one attached hydrogen (secondary N) is 3. The van der Waals surface area contributed by atoms with Crippen molar-refractivity contribution in [2.75, 3.05) is 23.7 Å². The molecule has 0 aliphatic rings. The van der Waals surface area contributed by atoms with Crippen LogP contribution < -0.4 is 20.1 Å². The van der Waals surface area contributed by atoms with Crippen LogP contribution >= 0.6 is 11.6 Å². The summed E-state index contributed by atoms with van der Waals surface area (Å²) < 4.78 is 46.7. The number of methoxy groups -OCH3 is 1. The van der Waals surface area contributed by atoms with Crippen molar-refractivity contribution in [3.63, 3.8) is 0 Å². The summed E-state index contributed by atoms with van der Waals surface area (Å²) in [6.07, 6.45) is 0. The number of carbonyl (C=O) groups excluding carboxylic acids is 2. The Balaban J connectivity index is 1.68. The molecule has 3 aromatic rings. The first kappa shape index (κ1) is 24.0. The van der Waals surface area contributed by atoms with Gasteiger partial charge in [0.1, 0.15) is 16.5 Å². The van der Waals surface area contributed by atoms with Crippen LogP contribution in [0.25, 0.3) is 0 Å². The summed E-state index contributed by atoms with van der Waals surface area (Å²) in [4.78, 5) is 24.0. The molecular weight excluding hydrogens is 473 g/mol. The molecule has 2 amide bonds. The Morgan fingerprint density at radius 2 is 1.67 bits per heavy atom. The lowest BCUT2D eigenvalue weighted by atomic mass is 10.2. The molecule has 0 saturated carbocycles. The van der Waals surface area contributed by atoms with Crippen molar-refractivity contribution >= 4 is 44.8 Å². The van der Waals surface area contributed by atoms with Crippen molar-refractivity contribution in [1.29, 1.82) is 0 Å². The topological polar surface area (TPSA) is 114 Å². The summed E-state index contributed by atoms with van der Waals surface area (Å²) >= 11 is 6.07. The van der Waals surface area contributed by atoms with Crippen LogP contribution in [0.4, 0.5) is 15.8 Å². The maximum atomic E-state index is 13.7. The number of hydrogen-bond acceptors (Lipinski definition) is 5. The predicted molar refractivity (Wildman–Crippen MR) is 123 cm³/mol. The number of hydrogen-bond donors (Lipinski definition) is 3. The highest BCUT2D eigenvalue weighted by Gasteiger charge is 2.20. The van der Waals surface area contributed by atoms with Crippen LogP contribution in [-0.2, 0) is 14.8 Å². The van der Waals surface area contributed by atoms with E-state index in [4.69, 9.17) is 16.3 Å². The van der Waals surface area contributed by atoms with Crippen molar-refractivity contribution < 1.29 is 27.1 Å². The Bertz CT molecular complexity index is 1280. The Morgan fingerprint density at radius 3 is 2.33 bits per heavy atom. The van der Waals surface area contributed by atoms with Gasteiger partial charge in [-0.1, -0.05) is 23.7 Å². The van der Waals surface area contributed by atoms with Crippen molar-refractivity contribution in [2.45, 2.75) is 4.90 Å². The molecule has 172 valence electrons. The predicted octanol–water partition coefficient (Wildman–Crippen LogP) is 3.66. The van der Waals surface area contributed by atoms with Crippen molar-refractivity contribution in [2.24, 2.45) is 0 Å². The summed E-state index contributed by atoms with van der Waals surface area (Å²) in [5.41, 5.74) is 0.228. The Morgan fingerprint density at radius 1 is 1.00 bits per heavy atom. The molecule has 0 atom stereocenters. The number of ether oxygens (including phenoxy) is 1. The maximum absolute atomic E-state index is 13.7. The minimum absolute atomic E-state index is 0.0538. The first-order valence-electron chi connectivity index (χ1n) is 9.48. The maximum Gasteiger partial charge on any atom is 0.263 e. The molecule has 0 aromatic heterocycles. The summed E-state index contributed by atoms with van der Waals surface area (Å²) in [6, 6.07) is 15.5. The zero-order valence-electron chi connectivity index (χ0n) is 17.3. The number of halogens is 2. The van der Waals surface area contributed by atoms with Gasteiger partial charge in [-0.3, -0.25) is 14.3 Å². The van der Waals surface area contributed by atoms with Crippen LogP contribution in [0.3, 0.4) is 0 Å². The molecule has 0 saturated heterocycles. The molecule has 0 unspecified atom stereocenters. The fourth-order valence-corrected chi connectivity index (χ4v) is 4.35. The van der Waals surface area contributed by atoms with Gasteiger partial charge in [0.25, 0.3) is 15.9 Å². The molecule has 3 N–H and O–H groups in total. The van der Waals surface area contributed by atoms with Gasteiger partial charge < -0.3 is 15.4 Å². The van der Waals surface area contributed by atoms with E-state index in [0.717, 1.165) is 6.07 Å². The molecule has 8 nitrogen and oxygen atoms in total. The van der Waals surface area contributed by atoms with Crippen molar-refractivity contribution in [3.05, 3.63) is 83.1 Å². The second kappa shape index (κ2) is 10.3. The van der Waals surface area contributed by atoms with Crippen LogP contribution in [0.2, 0.25) is 5.02 Å². The Kier molecular flexibility index (Phi) is 7.52. The second-order valence-corrected chi connectivity index (χ2v) is 8.75. The van der Waals surface area contributed by atoms with Crippen molar-refractivity contribution in [3.8, 4) is 5.75 Å². The lowest BCUT2D eigenvalue weighted by Gasteiger charge is -2.12. The van der Waals surface area contributed by atoms with Gasteiger partial charge in [-0.25, -0.2) is 12.8 Å². The van der Waals surface area contributed by atoms with E-state index < -0.39 is 34.2 Å². The van der Waals surface area contributed by atoms with Crippen molar-refractivity contribution in [1.82, 2.24) is 5.32 Å². The third-order valence-electron chi connectivity index (χ3n) is 4.37. The fraction of sp³-hybridized carbons (Fsp3) is 0.0909. The van der Waals surface area contributed by atoms with E-state index >= 15 is 0 Å². The summed E-state index contributed by atoms with van der Waals surface area (Å²) in [6.45, 7) is -0.456. The van der Waals surface area contributed by atoms with E-state index in [1.165, 1.54) is 55.6 Å². The smallest absolute Gasteiger partial charge is 0.263 e. The first-order chi connectivity index (χ1) is 15.7. The molecule has 0 heterocycles. The molecule has 11 heteroatoms. The zero-order valence-corrected chi connectivity index (χ0v) is 18.8. The average molecular weight is 492 g/mol.